The molecule has 2 rings (SSSR count). The Morgan fingerprint density at radius 3 is 2.86 bits per heavy atom. The third kappa shape index (κ3) is 1.41. The van der Waals surface area contributed by atoms with Crippen molar-refractivity contribution in [3.8, 4) is 0 Å². The Hall–Kier alpha value is -0.990. The third-order valence-electron chi connectivity index (χ3n) is 3.05. The van der Waals surface area contributed by atoms with Crippen LogP contribution in [-0.4, -0.2) is 9.78 Å². The van der Waals surface area contributed by atoms with Gasteiger partial charge in [-0.25, -0.2) is 0 Å². The van der Waals surface area contributed by atoms with Crippen molar-refractivity contribution in [1.29, 1.82) is 0 Å². The number of aromatic amines is 1. The van der Waals surface area contributed by atoms with Gasteiger partial charge in [0.25, 0.3) is 5.56 Å². The highest BCUT2D eigenvalue weighted by molar-refractivity contribution is 5.21. The summed E-state index contributed by atoms with van der Waals surface area (Å²) in [4.78, 5) is 11.9. The highest BCUT2D eigenvalue weighted by Gasteiger charge is 2.21. The average molecular weight is 194 g/mol. The van der Waals surface area contributed by atoms with Crippen LogP contribution in [0.2, 0.25) is 0 Å². The SMILES string of the molecule is CC1CCc2c([nH]n(C(C)C)c2=O)C1. The summed E-state index contributed by atoms with van der Waals surface area (Å²) in [5.74, 6) is 0.709. The van der Waals surface area contributed by atoms with Gasteiger partial charge in [-0.3, -0.25) is 14.6 Å². The van der Waals surface area contributed by atoms with E-state index in [-0.39, 0.29) is 11.6 Å². The van der Waals surface area contributed by atoms with Crippen molar-refractivity contribution in [2.24, 2.45) is 5.92 Å². The standard InChI is InChI=1S/C11H18N2O/c1-7(2)13-11(14)9-5-4-8(3)6-10(9)12-13/h7-8,12H,4-6H2,1-3H3. The Morgan fingerprint density at radius 2 is 2.21 bits per heavy atom. The Bertz CT molecular complexity index is 386. The topological polar surface area (TPSA) is 37.8 Å². The lowest BCUT2D eigenvalue weighted by Crippen LogP contribution is -2.21. The smallest absolute Gasteiger partial charge is 0.270 e. The molecule has 1 unspecified atom stereocenters. The number of rotatable bonds is 1. The summed E-state index contributed by atoms with van der Waals surface area (Å²) in [6.07, 6.45) is 3.13. The number of nitrogens with zero attached hydrogens (tertiary/aromatic N) is 1. The van der Waals surface area contributed by atoms with Crippen LogP contribution in [0.4, 0.5) is 0 Å². The molecule has 0 fully saturated rings. The van der Waals surface area contributed by atoms with E-state index < -0.39 is 0 Å². The Morgan fingerprint density at radius 1 is 1.50 bits per heavy atom. The van der Waals surface area contributed by atoms with E-state index in [4.69, 9.17) is 0 Å². The summed E-state index contributed by atoms with van der Waals surface area (Å²) in [5, 5.41) is 3.24. The molecule has 0 aromatic carbocycles. The summed E-state index contributed by atoms with van der Waals surface area (Å²) in [6.45, 7) is 6.31. The van der Waals surface area contributed by atoms with E-state index in [2.05, 4.69) is 12.0 Å². The zero-order valence-electron chi connectivity index (χ0n) is 9.13. The van der Waals surface area contributed by atoms with Gasteiger partial charge in [-0.1, -0.05) is 6.92 Å². The first-order chi connectivity index (χ1) is 6.59. The molecule has 1 aliphatic rings. The lowest BCUT2D eigenvalue weighted by Gasteiger charge is -2.15. The molecule has 0 aliphatic heterocycles. The van der Waals surface area contributed by atoms with Crippen molar-refractivity contribution >= 4 is 0 Å². The Labute approximate surface area is 84.1 Å². The second-order valence-electron chi connectivity index (χ2n) is 4.69. The van der Waals surface area contributed by atoms with Crippen LogP contribution in [0.15, 0.2) is 4.79 Å². The maximum Gasteiger partial charge on any atom is 0.270 e. The highest BCUT2D eigenvalue weighted by atomic mass is 16.1. The van der Waals surface area contributed by atoms with Gasteiger partial charge in [0.2, 0.25) is 0 Å². The quantitative estimate of drug-likeness (QED) is 0.728. The molecule has 1 atom stereocenters. The number of H-pyrrole nitrogens is 1. The lowest BCUT2D eigenvalue weighted by atomic mass is 9.89. The van der Waals surface area contributed by atoms with Crippen molar-refractivity contribution in [3.63, 3.8) is 0 Å². The van der Waals surface area contributed by atoms with Crippen LogP contribution in [0.1, 0.15) is 44.5 Å². The average Bonchev–Trinajstić information content (AvgIpc) is 2.43. The molecule has 3 heteroatoms. The molecule has 14 heavy (non-hydrogen) atoms. The van der Waals surface area contributed by atoms with Crippen molar-refractivity contribution in [2.75, 3.05) is 0 Å². The second-order valence-corrected chi connectivity index (χ2v) is 4.69. The predicted molar refractivity (Wildman–Crippen MR) is 56.6 cm³/mol. The molecule has 1 heterocycles. The molecule has 0 spiro atoms. The fourth-order valence-corrected chi connectivity index (χ4v) is 2.17. The van der Waals surface area contributed by atoms with Crippen LogP contribution in [-0.2, 0) is 12.8 Å². The maximum absolute atomic E-state index is 11.9. The van der Waals surface area contributed by atoms with Crippen LogP contribution in [0.25, 0.3) is 0 Å². The second kappa shape index (κ2) is 3.30. The van der Waals surface area contributed by atoms with Crippen LogP contribution in [0, 0.1) is 5.92 Å². The fraction of sp³-hybridized carbons (Fsp3) is 0.727. The minimum atomic E-state index is 0.196. The van der Waals surface area contributed by atoms with Gasteiger partial charge in [0.05, 0.1) is 0 Å². The maximum atomic E-state index is 11.9. The summed E-state index contributed by atoms with van der Waals surface area (Å²) < 4.78 is 1.75. The summed E-state index contributed by atoms with van der Waals surface area (Å²) >= 11 is 0. The zero-order valence-corrected chi connectivity index (χ0v) is 9.13. The van der Waals surface area contributed by atoms with Gasteiger partial charge in [0.15, 0.2) is 0 Å². The summed E-state index contributed by atoms with van der Waals surface area (Å²) in [5.41, 5.74) is 2.39. The first kappa shape index (κ1) is 9.56. The van der Waals surface area contributed by atoms with Crippen LogP contribution in [0.5, 0.6) is 0 Å². The third-order valence-corrected chi connectivity index (χ3v) is 3.05. The van der Waals surface area contributed by atoms with E-state index in [1.807, 2.05) is 13.8 Å². The van der Waals surface area contributed by atoms with Gasteiger partial charge < -0.3 is 0 Å². The molecule has 1 aromatic rings. The molecule has 1 N–H and O–H groups in total. The van der Waals surface area contributed by atoms with Gasteiger partial charge in [-0.05, 0) is 39.0 Å². The molecular formula is C11H18N2O. The van der Waals surface area contributed by atoms with Crippen LogP contribution >= 0.6 is 0 Å². The Balaban J connectivity index is 2.46. The lowest BCUT2D eigenvalue weighted by molar-refractivity contribution is 0.483. The number of aromatic nitrogens is 2. The van der Waals surface area contributed by atoms with E-state index >= 15 is 0 Å². The fourth-order valence-electron chi connectivity index (χ4n) is 2.17. The van der Waals surface area contributed by atoms with E-state index in [0.717, 1.165) is 24.8 Å². The first-order valence-corrected chi connectivity index (χ1v) is 5.42. The molecule has 1 aliphatic carbocycles. The molecule has 0 radical (unpaired) electrons. The minimum absolute atomic E-state index is 0.196. The number of hydrogen-bond donors (Lipinski definition) is 1. The van der Waals surface area contributed by atoms with Gasteiger partial charge in [0, 0.05) is 17.3 Å². The Kier molecular flexibility index (Phi) is 2.25. The molecule has 0 amide bonds. The van der Waals surface area contributed by atoms with Gasteiger partial charge in [0.1, 0.15) is 0 Å². The largest absolute Gasteiger partial charge is 0.299 e. The number of fused-ring (bicyclic) bond motifs is 1. The first-order valence-electron chi connectivity index (χ1n) is 5.42. The normalized spacial score (nSPS) is 21.3. The minimum Gasteiger partial charge on any atom is -0.299 e. The van der Waals surface area contributed by atoms with Crippen LogP contribution < -0.4 is 5.56 Å². The van der Waals surface area contributed by atoms with E-state index in [0.29, 0.717) is 5.92 Å². The molecule has 3 nitrogen and oxygen atoms in total. The molecule has 0 saturated carbocycles. The molecule has 0 saturated heterocycles. The summed E-state index contributed by atoms with van der Waals surface area (Å²) in [6, 6.07) is 0.239. The number of hydrogen-bond acceptors (Lipinski definition) is 1. The van der Waals surface area contributed by atoms with Gasteiger partial charge >= 0.3 is 0 Å². The van der Waals surface area contributed by atoms with Gasteiger partial charge in [-0.15, -0.1) is 0 Å². The van der Waals surface area contributed by atoms with Crippen molar-refractivity contribution in [3.05, 3.63) is 21.6 Å². The van der Waals surface area contributed by atoms with E-state index in [9.17, 15) is 4.79 Å². The predicted octanol–water partition coefficient (Wildman–Crippen LogP) is 1.88. The molecular weight excluding hydrogens is 176 g/mol. The van der Waals surface area contributed by atoms with E-state index in [1.54, 1.807) is 4.68 Å². The summed E-state index contributed by atoms with van der Waals surface area (Å²) in [7, 11) is 0. The van der Waals surface area contributed by atoms with Gasteiger partial charge in [-0.2, -0.15) is 0 Å². The molecule has 78 valence electrons. The van der Waals surface area contributed by atoms with Crippen molar-refractivity contribution in [1.82, 2.24) is 9.78 Å². The monoisotopic (exact) mass is 194 g/mol. The molecule has 1 aromatic heterocycles. The molecule has 0 bridgehead atoms. The zero-order chi connectivity index (χ0) is 10.3. The number of nitrogens with one attached hydrogen (secondary N) is 1. The van der Waals surface area contributed by atoms with Crippen LogP contribution in [0.3, 0.4) is 0 Å². The highest BCUT2D eigenvalue weighted by Crippen LogP contribution is 2.21. The van der Waals surface area contributed by atoms with Crippen molar-refractivity contribution < 1.29 is 0 Å². The van der Waals surface area contributed by atoms with E-state index in [1.165, 1.54) is 5.69 Å². The van der Waals surface area contributed by atoms with Crippen molar-refractivity contribution in [2.45, 2.75) is 46.1 Å².